The number of nitrogens with zero attached hydrogens (tertiary/aromatic N) is 6. The van der Waals surface area contributed by atoms with E-state index in [1.165, 1.54) is 25.0 Å². The van der Waals surface area contributed by atoms with Crippen molar-refractivity contribution in [2.24, 2.45) is 0 Å². The van der Waals surface area contributed by atoms with Crippen LogP contribution in [0.2, 0.25) is 0 Å². The highest BCUT2D eigenvalue weighted by atomic mass is 19.1. The molecule has 11 heteroatoms. The summed E-state index contributed by atoms with van der Waals surface area (Å²) in [7, 11) is 4.01. The number of likely N-dealkylation sites (tertiary alicyclic amines) is 1. The molecule has 1 aliphatic heterocycles. The lowest BCUT2D eigenvalue weighted by molar-refractivity contribution is 0.237. The number of nitrogens with one attached hydrogen (secondary N) is 3. The molecular formula is C34H36FN9O. The van der Waals surface area contributed by atoms with Crippen LogP contribution in [0.4, 0.5) is 10.1 Å². The normalized spacial score (nSPS) is 13.8. The van der Waals surface area contributed by atoms with Gasteiger partial charge in [-0.3, -0.25) is 20.0 Å². The molecule has 0 bridgehead atoms. The molecule has 1 fully saturated rings. The van der Waals surface area contributed by atoms with Gasteiger partial charge >= 0.3 is 0 Å². The maximum atomic E-state index is 14.7. The predicted molar refractivity (Wildman–Crippen MR) is 176 cm³/mol. The van der Waals surface area contributed by atoms with Gasteiger partial charge in [-0.25, -0.2) is 9.37 Å². The van der Waals surface area contributed by atoms with Crippen LogP contribution >= 0.6 is 0 Å². The first-order valence-corrected chi connectivity index (χ1v) is 15.3. The molecule has 0 atom stereocenters. The van der Waals surface area contributed by atoms with Gasteiger partial charge in [-0.05, 0) is 88.6 Å². The summed E-state index contributed by atoms with van der Waals surface area (Å²) >= 11 is 0. The number of fused-ring (bicyclic) bond motifs is 2. The molecule has 0 spiro atoms. The highest BCUT2D eigenvalue weighted by Crippen LogP contribution is 2.34. The van der Waals surface area contributed by atoms with Crippen LogP contribution in [0.15, 0.2) is 67.1 Å². The van der Waals surface area contributed by atoms with Gasteiger partial charge in [0.2, 0.25) is 0 Å². The molecular weight excluding hydrogens is 569 g/mol. The molecule has 7 rings (SSSR count). The molecule has 6 aromatic rings. The third-order valence-electron chi connectivity index (χ3n) is 8.15. The summed E-state index contributed by atoms with van der Waals surface area (Å²) in [5.41, 5.74) is 7.62. The molecule has 5 aromatic heterocycles. The van der Waals surface area contributed by atoms with Crippen LogP contribution < -0.4 is 10.1 Å². The van der Waals surface area contributed by atoms with Crippen molar-refractivity contribution in [2.75, 3.05) is 58.7 Å². The number of likely N-dealkylation sites (N-methyl/N-ethyl adjacent to an activating group) is 1. The van der Waals surface area contributed by atoms with Crippen LogP contribution in [0.1, 0.15) is 12.8 Å². The summed E-state index contributed by atoms with van der Waals surface area (Å²) in [6.07, 6.45) is 7.80. The van der Waals surface area contributed by atoms with Gasteiger partial charge in [0.15, 0.2) is 0 Å². The van der Waals surface area contributed by atoms with Gasteiger partial charge in [0.05, 0.1) is 28.8 Å². The van der Waals surface area contributed by atoms with Gasteiger partial charge < -0.3 is 19.9 Å². The Hall–Kier alpha value is -4.87. The van der Waals surface area contributed by atoms with Crippen LogP contribution in [0, 0.1) is 5.82 Å². The average Bonchev–Trinajstić information content (AvgIpc) is 3.80. The number of aromatic nitrogens is 6. The molecule has 0 aliphatic carbocycles. The molecule has 1 aromatic carbocycles. The Morgan fingerprint density at radius 1 is 0.978 bits per heavy atom. The van der Waals surface area contributed by atoms with Crippen molar-refractivity contribution in [2.45, 2.75) is 12.8 Å². The predicted octanol–water partition coefficient (Wildman–Crippen LogP) is 5.82. The van der Waals surface area contributed by atoms with Crippen LogP contribution in [-0.2, 0) is 0 Å². The van der Waals surface area contributed by atoms with Crippen LogP contribution in [-0.4, -0.2) is 93.4 Å². The van der Waals surface area contributed by atoms with Gasteiger partial charge in [0.1, 0.15) is 29.4 Å². The smallest absolute Gasteiger partial charge is 0.138 e. The highest BCUT2D eigenvalue weighted by molar-refractivity contribution is 5.99. The van der Waals surface area contributed by atoms with E-state index in [9.17, 15) is 4.39 Å². The molecule has 6 heterocycles. The second kappa shape index (κ2) is 12.6. The van der Waals surface area contributed by atoms with E-state index in [-0.39, 0.29) is 5.82 Å². The molecule has 0 amide bonds. The molecule has 230 valence electrons. The summed E-state index contributed by atoms with van der Waals surface area (Å²) in [5.74, 6) is 0.407. The molecule has 1 aliphatic rings. The molecule has 0 saturated carbocycles. The Bertz CT molecular complexity index is 1940. The van der Waals surface area contributed by atoms with Gasteiger partial charge in [-0.2, -0.15) is 5.10 Å². The van der Waals surface area contributed by atoms with Crippen molar-refractivity contribution in [3.05, 3.63) is 72.9 Å². The van der Waals surface area contributed by atoms with Crippen molar-refractivity contribution in [3.63, 3.8) is 0 Å². The van der Waals surface area contributed by atoms with E-state index < -0.39 is 0 Å². The lowest BCUT2D eigenvalue weighted by Gasteiger charge is -2.15. The number of benzene rings is 1. The standard InChI is InChI=1S/C34H36FN9O/c1-43(2)12-9-37-25-16-22(15-24(35)18-25)32-27-19-31(39-29(27)7-8-38-32)34-33-30(41-42-34)6-5-28(40-33)23-17-26(21-36-20-23)45-14-13-44-10-3-4-11-44/h5-8,15-21,37,39H,3-4,9-14H2,1-2H3,(H,41,42). The Morgan fingerprint density at radius 2 is 1.87 bits per heavy atom. The zero-order chi connectivity index (χ0) is 30.8. The first-order chi connectivity index (χ1) is 22.0. The van der Waals surface area contributed by atoms with Crippen LogP contribution in [0.5, 0.6) is 5.75 Å². The fraction of sp³-hybridized carbons (Fsp3) is 0.294. The van der Waals surface area contributed by atoms with Crippen molar-refractivity contribution in [1.29, 1.82) is 0 Å². The van der Waals surface area contributed by atoms with Crippen LogP contribution in [0.25, 0.3) is 55.8 Å². The molecule has 1 saturated heterocycles. The summed E-state index contributed by atoms with van der Waals surface area (Å²) in [6.45, 7) is 5.38. The Balaban J connectivity index is 1.17. The lowest BCUT2D eigenvalue weighted by atomic mass is 10.1. The third kappa shape index (κ3) is 6.36. The molecule has 10 nitrogen and oxygen atoms in total. The minimum Gasteiger partial charge on any atom is -0.491 e. The lowest BCUT2D eigenvalue weighted by Crippen LogP contribution is -2.25. The van der Waals surface area contributed by atoms with E-state index in [1.807, 2.05) is 50.5 Å². The van der Waals surface area contributed by atoms with Gasteiger partial charge in [0.25, 0.3) is 0 Å². The Morgan fingerprint density at radius 3 is 2.73 bits per heavy atom. The summed E-state index contributed by atoms with van der Waals surface area (Å²) in [6, 6.07) is 14.8. The van der Waals surface area contributed by atoms with Gasteiger partial charge in [-0.15, -0.1) is 0 Å². The number of hydrogen-bond donors (Lipinski definition) is 3. The van der Waals surface area contributed by atoms with E-state index in [4.69, 9.17) is 9.72 Å². The monoisotopic (exact) mass is 605 g/mol. The number of anilines is 1. The zero-order valence-corrected chi connectivity index (χ0v) is 25.5. The second-order valence-corrected chi connectivity index (χ2v) is 11.7. The van der Waals surface area contributed by atoms with E-state index in [1.54, 1.807) is 18.6 Å². The number of pyridine rings is 3. The third-order valence-corrected chi connectivity index (χ3v) is 8.15. The van der Waals surface area contributed by atoms with Crippen molar-refractivity contribution >= 4 is 27.6 Å². The SMILES string of the molecule is CN(C)CCNc1cc(F)cc(-c2nccc3[nH]c(-c4n[nH]c5ccc(-c6cncc(OCCN7CCCC7)c6)nc45)cc23)c1. The average molecular weight is 606 g/mol. The number of H-pyrrole nitrogens is 2. The van der Waals surface area contributed by atoms with Crippen molar-refractivity contribution in [1.82, 2.24) is 39.9 Å². The number of halogens is 1. The maximum absolute atomic E-state index is 14.7. The second-order valence-electron chi connectivity index (χ2n) is 11.7. The van der Waals surface area contributed by atoms with Crippen molar-refractivity contribution < 1.29 is 9.13 Å². The van der Waals surface area contributed by atoms with Gasteiger partial charge in [-0.1, -0.05) is 0 Å². The largest absolute Gasteiger partial charge is 0.491 e. The highest BCUT2D eigenvalue weighted by Gasteiger charge is 2.17. The quantitative estimate of drug-likeness (QED) is 0.170. The maximum Gasteiger partial charge on any atom is 0.138 e. The molecule has 45 heavy (non-hydrogen) atoms. The van der Waals surface area contributed by atoms with E-state index >= 15 is 0 Å². The van der Waals surface area contributed by atoms with E-state index in [2.05, 4.69) is 40.3 Å². The number of rotatable bonds is 11. The number of hydrogen-bond acceptors (Lipinski definition) is 8. The topological polar surface area (TPSA) is 111 Å². The molecule has 0 radical (unpaired) electrons. The van der Waals surface area contributed by atoms with Crippen LogP contribution in [0.3, 0.4) is 0 Å². The first kappa shape index (κ1) is 28.9. The van der Waals surface area contributed by atoms with E-state index in [0.29, 0.717) is 35.8 Å². The van der Waals surface area contributed by atoms with Crippen molar-refractivity contribution in [3.8, 4) is 39.7 Å². The summed E-state index contributed by atoms with van der Waals surface area (Å²) in [5, 5.41) is 11.9. The minimum atomic E-state index is -0.319. The Labute approximate surface area is 260 Å². The Kier molecular flexibility index (Phi) is 8.10. The first-order valence-electron chi connectivity index (χ1n) is 15.3. The molecule has 0 unspecified atom stereocenters. The fourth-order valence-corrected chi connectivity index (χ4v) is 5.85. The van der Waals surface area contributed by atoms with Gasteiger partial charge in [0, 0.05) is 59.7 Å². The zero-order valence-electron chi connectivity index (χ0n) is 25.5. The summed E-state index contributed by atoms with van der Waals surface area (Å²) < 4.78 is 20.7. The molecule has 3 N–H and O–H groups in total. The summed E-state index contributed by atoms with van der Waals surface area (Å²) in [4.78, 5) is 22.0. The number of aromatic amines is 2. The minimum absolute atomic E-state index is 0.319. The number of ether oxygens (including phenoxy) is 1. The fourth-order valence-electron chi connectivity index (χ4n) is 5.85. The van der Waals surface area contributed by atoms with E-state index in [0.717, 1.165) is 70.8 Å².